The number of carbonyl (C=O) groups is 1. The van der Waals surface area contributed by atoms with Crippen molar-refractivity contribution in [2.45, 2.75) is 18.1 Å². The number of sulfonamides is 1. The van der Waals surface area contributed by atoms with Gasteiger partial charge in [-0.1, -0.05) is 30.3 Å². The molecule has 6 heteroatoms. The predicted octanol–water partition coefficient (Wildman–Crippen LogP) is 0.968. The molecule has 19 heavy (non-hydrogen) atoms. The van der Waals surface area contributed by atoms with Crippen LogP contribution in [-0.2, 0) is 14.8 Å². The highest BCUT2D eigenvalue weighted by Crippen LogP contribution is 2.14. The normalized spacial score (nSPS) is 17.3. The Kier molecular flexibility index (Phi) is 4.68. The van der Waals surface area contributed by atoms with Gasteiger partial charge < -0.3 is 4.74 Å². The van der Waals surface area contributed by atoms with E-state index < -0.39 is 15.3 Å². The van der Waals surface area contributed by atoms with E-state index in [9.17, 15) is 13.2 Å². The second-order valence-electron chi connectivity index (χ2n) is 4.47. The van der Waals surface area contributed by atoms with Crippen molar-refractivity contribution < 1.29 is 17.9 Å². The molecule has 2 rings (SSSR count). The molecule has 0 atom stereocenters. The molecule has 0 unspecified atom stereocenters. The molecule has 1 aromatic rings. The van der Waals surface area contributed by atoms with Gasteiger partial charge in [0.15, 0.2) is 5.78 Å². The molecule has 1 N–H and O–H groups in total. The third-order valence-electron chi connectivity index (χ3n) is 3.14. The van der Waals surface area contributed by atoms with Crippen LogP contribution in [0.2, 0.25) is 0 Å². The van der Waals surface area contributed by atoms with Gasteiger partial charge in [-0.25, -0.2) is 13.1 Å². The van der Waals surface area contributed by atoms with Gasteiger partial charge in [0.25, 0.3) is 0 Å². The first-order valence-corrected chi connectivity index (χ1v) is 7.79. The maximum absolute atomic E-state index is 12.0. The molecular formula is C13H17NO4S. The van der Waals surface area contributed by atoms with E-state index in [-0.39, 0.29) is 12.3 Å². The highest BCUT2D eigenvalue weighted by Gasteiger charge is 2.27. The fourth-order valence-corrected chi connectivity index (χ4v) is 3.38. The van der Waals surface area contributed by atoms with Crippen molar-refractivity contribution in [1.82, 2.24) is 4.72 Å². The van der Waals surface area contributed by atoms with Gasteiger partial charge >= 0.3 is 0 Å². The lowest BCUT2D eigenvalue weighted by Gasteiger charge is -2.22. The summed E-state index contributed by atoms with van der Waals surface area (Å²) in [5.74, 6) is -0.226. The van der Waals surface area contributed by atoms with Crippen molar-refractivity contribution in [2.75, 3.05) is 19.8 Å². The predicted molar refractivity (Wildman–Crippen MR) is 71.5 cm³/mol. The molecule has 1 fully saturated rings. The van der Waals surface area contributed by atoms with Crippen LogP contribution >= 0.6 is 0 Å². The number of carbonyl (C=O) groups excluding carboxylic acids is 1. The van der Waals surface area contributed by atoms with Crippen molar-refractivity contribution in [1.29, 1.82) is 0 Å². The summed E-state index contributed by atoms with van der Waals surface area (Å²) in [6, 6.07) is 8.65. The summed E-state index contributed by atoms with van der Waals surface area (Å²) in [5.41, 5.74) is 0.511. The van der Waals surface area contributed by atoms with Gasteiger partial charge in [0.05, 0.1) is 11.8 Å². The van der Waals surface area contributed by atoms with E-state index in [0.29, 0.717) is 31.6 Å². The van der Waals surface area contributed by atoms with Crippen molar-refractivity contribution in [3.8, 4) is 0 Å². The molecule has 1 aliphatic rings. The van der Waals surface area contributed by atoms with Crippen LogP contribution < -0.4 is 4.72 Å². The quantitative estimate of drug-likeness (QED) is 0.817. The van der Waals surface area contributed by atoms with Gasteiger partial charge in [-0.05, 0) is 12.8 Å². The summed E-state index contributed by atoms with van der Waals surface area (Å²) < 4.78 is 31.5. The number of hydrogen-bond acceptors (Lipinski definition) is 4. The maximum Gasteiger partial charge on any atom is 0.215 e. The van der Waals surface area contributed by atoms with E-state index in [1.807, 2.05) is 6.07 Å². The summed E-state index contributed by atoms with van der Waals surface area (Å²) in [4.78, 5) is 11.8. The number of ether oxygens (including phenoxy) is 1. The monoisotopic (exact) mass is 283 g/mol. The first-order valence-electron chi connectivity index (χ1n) is 6.24. The van der Waals surface area contributed by atoms with Gasteiger partial charge in [0.2, 0.25) is 10.0 Å². The molecule has 0 aliphatic carbocycles. The van der Waals surface area contributed by atoms with Crippen LogP contribution in [0.5, 0.6) is 0 Å². The summed E-state index contributed by atoms with van der Waals surface area (Å²) >= 11 is 0. The van der Waals surface area contributed by atoms with Crippen LogP contribution in [-0.4, -0.2) is 39.2 Å². The van der Waals surface area contributed by atoms with Crippen LogP contribution in [0.1, 0.15) is 23.2 Å². The van der Waals surface area contributed by atoms with Crippen LogP contribution in [0.15, 0.2) is 30.3 Å². The fraction of sp³-hybridized carbons (Fsp3) is 0.462. The lowest BCUT2D eigenvalue weighted by Crippen LogP contribution is -2.40. The highest BCUT2D eigenvalue weighted by atomic mass is 32.2. The minimum absolute atomic E-state index is 0.191. The molecule has 0 amide bonds. The summed E-state index contributed by atoms with van der Waals surface area (Å²) in [6.45, 7) is 0.722. The molecular weight excluding hydrogens is 266 g/mol. The SMILES string of the molecule is O=C(CNS(=O)(=O)C1CCOCC1)c1ccccc1. The Labute approximate surface area is 113 Å². The van der Waals surface area contributed by atoms with E-state index in [1.54, 1.807) is 24.3 Å². The third kappa shape index (κ3) is 3.86. The van der Waals surface area contributed by atoms with Crippen LogP contribution in [0, 0.1) is 0 Å². The van der Waals surface area contributed by atoms with Gasteiger partial charge in [-0.15, -0.1) is 0 Å². The lowest BCUT2D eigenvalue weighted by atomic mass is 10.1. The zero-order valence-electron chi connectivity index (χ0n) is 10.5. The van der Waals surface area contributed by atoms with Crippen LogP contribution in [0.25, 0.3) is 0 Å². The molecule has 0 bridgehead atoms. The first kappa shape index (κ1) is 14.2. The van der Waals surface area contributed by atoms with Crippen molar-refractivity contribution >= 4 is 15.8 Å². The minimum Gasteiger partial charge on any atom is -0.381 e. The Bertz CT molecular complexity index is 521. The maximum atomic E-state index is 12.0. The molecule has 1 heterocycles. The van der Waals surface area contributed by atoms with Crippen molar-refractivity contribution in [2.24, 2.45) is 0 Å². The zero-order chi connectivity index (χ0) is 13.7. The average molecular weight is 283 g/mol. The van der Waals surface area contributed by atoms with E-state index >= 15 is 0 Å². The standard InChI is InChI=1S/C13H17NO4S/c15-13(11-4-2-1-3-5-11)10-14-19(16,17)12-6-8-18-9-7-12/h1-5,12,14H,6-10H2. The molecule has 0 radical (unpaired) electrons. The van der Waals surface area contributed by atoms with Crippen LogP contribution in [0.3, 0.4) is 0 Å². The molecule has 0 saturated carbocycles. The first-order chi connectivity index (χ1) is 9.09. The van der Waals surface area contributed by atoms with E-state index in [2.05, 4.69) is 4.72 Å². The Hall–Kier alpha value is -1.24. The third-order valence-corrected chi connectivity index (χ3v) is 5.03. The fourth-order valence-electron chi connectivity index (χ4n) is 2.00. The molecule has 1 saturated heterocycles. The Morgan fingerprint density at radius 1 is 1.21 bits per heavy atom. The average Bonchev–Trinajstić information content (AvgIpc) is 2.47. The molecule has 1 aromatic carbocycles. The topological polar surface area (TPSA) is 72.5 Å². The minimum atomic E-state index is -3.44. The van der Waals surface area contributed by atoms with Crippen LogP contribution in [0.4, 0.5) is 0 Å². The second-order valence-corrected chi connectivity index (χ2v) is 6.51. The number of rotatable bonds is 5. The summed E-state index contributed by atoms with van der Waals surface area (Å²) in [7, 11) is -3.44. The Balaban J connectivity index is 1.92. The number of ketones is 1. The van der Waals surface area contributed by atoms with Crippen molar-refractivity contribution in [3.05, 3.63) is 35.9 Å². The van der Waals surface area contributed by atoms with Gasteiger partial charge in [0.1, 0.15) is 0 Å². The van der Waals surface area contributed by atoms with E-state index in [1.165, 1.54) is 0 Å². The summed E-state index contributed by atoms with van der Waals surface area (Å²) in [5, 5.41) is -0.454. The van der Waals surface area contributed by atoms with Gasteiger partial charge in [0, 0.05) is 18.8 Å². The van der Waals surface area contributed by atoms with E-state index in [4.69, 9.17) is 4.74 Å². The van der Waals surface area contributed by atoms with E-state index in [0.717, 1.165) is 0 Å². The second kappa shape index (κ2) is 6.27. The molecule has 5 nitrogen and oxygen atoms in total. The Morgan fingerprint density at radius 3 is 2.47 bits per heavy atom. The number of hydrogen-bond donors (Lipinski definition) is 1. The number of nitrogens with one attached hydrogen (secondary N) is 1. The highest BCUT2D eigenvalue weighted by molar-refractivity contribution is 7.90. The molecule has 104 valence electrons. The molecule has 0 aromatic heterocycles. The lowest BCUT2D eigenvalue weighted by molar-refractivity contribution is 0.0975. The Morgan fingerprint density at radius 2 is 1.84 bits per heavy atom. The zero-order valence-corrected chi connectivity index (χ0v) is 11.4. The summed E-state index contributed by atoms with van der Waals surface area (Å²) in [6.07, 6.45) is 0.962. The van der Waals surface area contributed by atoms with Crippen molar-refractivity contribution in [3.63, 3.8) is 0 Å². The molecule has 0 spiro atoms. The number of Topliss-reactive ketones (excluding diaryl/α,β-unsaturated/α-hetero) is 1. The van der Waals surface area contributed by atoms with Gasteiger partial charge in [-0.2, -0.15) is 0 Å². The smallest absolute Gasteiger partial charge is 0.215 e. The number of benzene rings is 1. The van der Waals surface area contributed by atoms with Gasteiger partial charge in [-0.3, -0.25) is 4.79 Å². The largest absolute Gasteiger partial charge is 0.381 e. The molecule has 1 aliphatic heterocycles.